The minimum Gasteiger partial charge on any atom is -0.322 e. The number of amides is 1. The summed E-state index contributed by atoms with van der Waals surface area (Å²) in [5.41, 5.74) is 3.60. The average molecular weight is 285 g/mol. The van der Waals surface area contributed by atoms with E-state index in [1.54, 1.807) is 6.08 Å². The number of aryl methyl sites for hydroxylation is 1. The van der Waals surface area contributed by atoms with Gasteiger partial charge in [0.05, 0.1) is 0 Å². The smallest absolute Gasteiger partial charge is 0.248 e. The molecule has 0 bridgehead atoms. The van der Waals surface area contributed by atoms with E-state index in [-0.39, 0.29) is 5.91 Å². The fourth-order valence-corrected chi connectivity index (χ4v) is 1.77. The summed E-state index contributed by atoms with van der Waals surface area (Å²) in [5, 5.41) is 16.8. The predicted molar refractivity (Wildman–Crippen MR) is 81.6 cm³/mol. The fourth-order valence-electron chi connectivity index (χ4n) is 1.77. The standard InChI is InChI=1S/C15H19N5O/c1-9(2)11(4)7-14(21)16-12-6-5-10(3)13(8-12)15-17-19-20-18-15/h5-9H,1-4H3,(H,16,21)(H,17,18,19,20)/b11-7+. The van der Waals surface area contributed by atoms with Gasteiger partial charge in [0.15, 0.2) is 0 Å². The molecule has 0 aliphatic carbocycles. The maximum absolute atomic E-state index is 12.0. The summed E-state index contributed by atoms with van der Waals surface area (Å²) < 4.78 is 0. The maximum atomic E-state index is 12.0. The molecule has 0 fully saturated rings. The van der Waals surface area contributed by atoms with Crippen molar-refractivity contribution in [2.45, 2.75) is 27.7 Å². The Hall–Kier alpha value is -2.50. The van der Waals surface area contributed by atoms with Crippen LogP contribution in [0.25, 0.3) is 11.4 Å². The number of nitrogens with zero attached hydrogens (tertiary/aromatic N) is 3. The third-order valence-corrected chi connectivity index (χ3v) is 3.36. The van der Waals surface area contributed by atoms with Crippen molar-refractivity contribution in [1.29, 1.82) is 0 Å². The number of hydrogen-bond donors (Lipinski definition) is 2. The summed E-state index contributed by atoms with van der Waals surface area (Å²) in [6.07, 6.45) is 1.62. The Labute approximate surface area is 123 Å². The molecular weight excluding hydrogens is 266 g/mol. The maximum Gasteiger partial charge on any atom is 0.248 e. The molecule has 0 unspecified atom stereocenters. The Morgan fingerprint density at radius 2 is 2.14 bits per heavy atom. The minimum atomic E-state index is -0.135. The third kappa shape index (κ3) is 3.75. The molecule has 0 aliphatic rings. The van der Waals surface area contributed by atoms with Crippen LogP contribution in [0.2, 0.25) is 0 Å². The number of aromatic nitrogens is 4. The minimum absolute atomic E-state index is 0.135. The van der Waals surface area contributed by atoms with Crippen molar-refractivity contribution >= 4 is 11.6 Å². The number of hydrogen-bond acceptors (Lipinski definition) is 4. The number of carbonyl (C=O) groups excluding carboxylic acids is 1. The van der Waals surface area contributed by atoms with Crippen LogP contribution in [0.3, 0.4) is 0 Å². The summed E-state index contributed by atoms with van der Waals surface area (Å²) in [4.78, 5) is 12.0. The zero-order valence-electron chi connectivity index (χ0n) is 12.6. The van der Waals surface area contributed by atoms with Crippen molar-refractivity contribution in [1.82, 2.24) is 20.6 Å². The molecule has 0 spiro atoms. The summed E-state index contributed by atoms with van der Waals surface area (Å²) >= 11 is 0. The van der Waals surface area contributed by atoms with Gasteiger partial charge < -0.3 is 5.32 Å². The number of aromatic amines is 1. The molecule has 0 radical (unpaired) electrons. The van der Waals surface area contributed by atoms with Crippen LogP contribution in [0, 0.1) is 12.8 Å². The summed E-state index contributed by atoms with van der Waals surface area (Å²) in [7, 11) is 0. The SMILES string of the molecule is C/C(=C\C(=O)Nc1ccc(C)c(-c2nn[nH]n2)c1)C(C)C. The third-order valence-electron chi connectivity index (χ3n) is 3.36. The molecule has 0 saturated carbocycles. The van der Waals surface area contributed by atoms with E-state index in [9.17, 15) is 4.79 Å². The fraction of sp³-hybridized carbons (Fsp3) is 0.333. The van der Waals surface area contributed by atoms with E-state index in [1.807, 2.05) is 32.0 Å². The zero-order valence-corrected chi connectivity index (χ0v) is 12.6. The summed E-state index contributed by atoms with van der Waals surface area (Å²) in [6.45, 7) is 8.02. The molecule has 2 aromatic rings. The zero-order chi connectivity index (χ0) is 15.4. The van der Waals surface area contributed by atoms with Crippen molar-refractivity contribution in [3.05, 3.63) is 35.4 Å². The van der Waals surface area contributed by atoms with Gasteiger partial charge in [0.1, 0.15) is 0 Å². The second kappa shape index (κ2) is 6.30. The van der Waals surface area contributed by atoms with E-state index in [1.165, 1.54) is 0 Å². The lowest BCUT2D eigenvalue weighted by molar-refractivity contribution is -0.112. The van der Waals surface area contributed by atoms with Crippen molar-refractivity contribution in [2.24, 2.45) is 5.92 Å². The lowest BCUT2D eigenvalue weighted by Crippen LogP contribution is -2.10. The highest BCUT2D eigenvalue weighted by Crippen LogP contribution is 2.23. The Bertz CT molecular complexity index is 659. The van der Waals surface area contributed by atoms with Gasteiger partial charge in [-0.25, -0.2) is 0 Å². The normalized spacial score (nSPS) is 11.8. The second-order valence-corrected chi connectivity index (χ2v) is 5.30. The van der Waals surface area contributed by atoms with E-state index < -0.39 is 0 Å². The van der Waals surface area contributed by atoms with Crippen molar-refractivity contribution in [2.75, 3.05) is 5.32 Å². The first kappa shape index (κ1) is 14.9. The molecule has 1 aromatic heterocycles. The highest BCUT2D eigenvalue weighted by Gasteiger charge is 2.09. The first-order chi connectivity index (χ1) is 9.97. The topological polar surface area (TPSA) is 83.6 Å². The first-order valence-corrected chi connectivity index (χ1v) is 6.81. The van der Waals surface area contributed by atoms with Crippen LogP contribution in [0.4, 0.5) is 5.69 Å². The van der Waals surface area contributed by atoms with Crippen LogP contribution in [0.15, 0.2) is 29.8 Å². The first-order valence-electron chi connectivity index (χ1n) is 6.81. The summed E-state index contributed by atoms with van der Waals surface area (Å²) in [5.74, 6) is 0.727. The van der Waals surface area contributed by atoms with Gasteiger partial charge in [0, 0.05) is 17.3 Å². The average Bonchev–Trinajstić information content (AvgIpc) is 2.94. The highest BCUT2D eigenvalue weighted by molar-refractivity contribution is 6.00. The number of allylic oxidation sites excluding steroid dienone is 1. The van der Waals surface area contributed by atoms with Gasteiger partial charge in [-0.3, -0.25) is 4.79 Å². The van der Waals surface area contributed by atoms with Crippen molar-refractivity contribution in [3.8, 4) is 11.4 Å². The highest BCUT2D eigenvalue weighted by atomic mass is 16.1. The van der Waals surface area contributed by atoms with Gasteiger partial charge in [0.25, 0.3) is 0 Å². The number of benzene rings is 1. The van der Waals surface area contributed by atoms with Gasteiger partial charge in [-0.05, 0) is 42.7 Å². The lowest BCUT2D eigenvalue weighted by Gasteiger charge is -2.08. The quantitative estimate of drug-likeness (QED) is 0.846. The van der Waals surface area contributed by atoms with Gasteiger partial charge in [-0.2, -0.15) is 5.21 Å². The molecule has 110 valence electrons. The monoisotopic (exact) mass is 285 g/mol. The van der Waals surface area contributed by atoms with Gasteiger partial charge in [0.2, 0.25) is 11.7 Å². The van der Waals surface area contributed by atoms with E-state index in [2.05, 4.69) is 39.8 Å². The molecule has 2 N–H and O–H groups in total. The number of carbonyl (C=O) groups is 1. The molecule has 2 rings (SSSR count). The number of rotatable bonds is 4. The second-order valence-electron chi connectivity index (χ2n) is 5.30. The predicted octanol–water partition coefficient (Wildman–Crippen LogP) is 2.72. The molecule has 0 atom stereocenters. The largest absolute Gasteiger partial charge is 0.322 e. The molecule has 0 saturated heterocycles. The van der Waals surface area contributed by atoms with Crippen LogP contribution >= 0.6 is 0 Å². The van der Waals surface area contributed by atoms with E-state index in [0.717, 1.165) is 16.7 Å². The van der Waals surface area contributed by atoms with E-state index in [0.29, 0.717) is 17.4 Å². The van der Waals surface area contributed by atoms with Crippen molar-refractivity contribution in [3.63, 3.8) is 0 Å². The van der Waals surface area contributed by atoms with Gasteiger partial charge >= 0.3 is 0 Å². The summed E-state index contributed by atoms with van der Waals surface area (Å²) in [6, 6.07) is 5.62. The molecule has 6 nitrogen and oxygen atoms in total. The van der Waals surface area contributed by atoms with Crippen LogP contribution in [-0.4, -0.2) is 26.5 Å². The van der Waals surface area contributed by atoms with Crippen molar-refractivity contribution < 1.29 is 4.79 Å². The molecule has 1 amide bonds. The van der Waals surface area contributed by atoms with Gasteiger partial charge in [-0.15, -0.1) is 10.2 Å². The van der Waals surface area contributed by atoms with Crippen LogP contribution in [0.1, 0.15) is 26.3 Å². The van der Waals surface area contributed by atoms with Crippen LogP contribution in [0.5, 0.6) is 0 Å². The number of H-pyrrole nitrogens is 1. The lowest BCUT2D eigenvalue weighted by atomic mass is 10.0. The van der Waals surface area contributed by atoms with E-state index in [4.69, 9.17) is 0 Å². The number of nitrogens with one attached hydrogen (secondary N) is 2. The Morgan fingerprint density at radius 3 is 2.76 bits per heavy atom. The molecule has 0 aliphatic heterocycles. The molecule has 1 aromatic carbocycles. The number of anilines is 1. The van der Waals surface area contributed by atoms with Crippen LogP contribution in [-0.2, 0) is 4.79 Å². The molecule has 6 heteroatoms. The Kier molecular flexibility index (Phi) is 4.47. The number of tetrazole rings is 1. The van der Waals surface area contributed by atoms with E-state index >= 15 is 0 Å². The van der Waals surface area contributed by atoms with Crippen LogP contribution < -0.4 is 5.32 Å². The Morgan fingerprint density at radius 1 is 1.38 bits per heavy atom. The molecule has 21 heavy (non-hydrogen) atoms. The molecular formula is C15H19N5O. The Balaban J connectivity index is 2.21. The van der Waals surface area contributed by atoms with Gasteiger partial charge in [-0.1, -0.05) is 25.5 Å². The molecule has 1 heterocycles.